The van der Waals surface area contributed by atoms with E-state index < -0.39 is 0 Å². The van der Waals surface area contributed by atoms with Gasteiger partial charge >= 0.3 is 0 Å². The van der Waals surface area contributed by atoms with E-state index in [0.717, 1.165) is 5.56 Å². The van der Waals surface area contributed by atoms with Crippen LogP contribution in [0.1, 0.15) is 11.9 Å². The SMILES string of the molecule is Clc1ccccc1C1OC=CO1. The molecule has 0 amide bonds. The molecule has 1 aliphatic heterocycles. The van der Waals surface area contributed by atoms with Gasteiger partial charge in [0.25, 0.3) is 6.29 Å². The standard InChI is InChI=1S/C9H7ClO2/c10-8-4-2-1-3-7(8)9-11-5-6-12-9/h1-6,9H. The van der Waals surface area contributed by atoms with Crippen molar-refractivity contribution in [3.05, 3.63) is 47.4 Å². The Balaban J connectivity index is 2.27. The Bertz CT molecular complexity index is 301. The summed E-state index contributed by atoms with van der Waals surface area (Å²) < 4.78 is 10.3. The number of ether oxygens (including phenoxy) is 2. The van der Waals surface area contributed by atoms with Crippen LogP contribution in [-0.2, 0) is 9.47 Å². The van der Waals surface area contributed by atoms with Crippen LogP contribution >= 0.6 is 11.6 Å². The Morgan fingerprint density at radius 3 is 2.42 bits per heavy atom. The molecule has 2 rings (SSSR count). The summed E-state index contributed by atoms with van der Waals surface area (Å²) in [7, 11) is 0. The topological polar surface area (TPSA) is 18.5 Å². The smallest absolute Gasteiger partial charge is 0.267 e. The average molecular weight is 183 g/mol. The highest BCUT2D eigenvalue weighted by atomic mass is 35.5. The Hall–Kier alpha value is -1.15. The molecule has 0 spiro atoms. The van der Waals surface area contributed by atoms with Crippen molar-refractivity contribution in [1.82, 2.24) is 0 Å². The minimum atomic E-state index is -0.376. The van der Waals surface area contributed by atoms with Crippen LogP contribution in [0, 0.1) is 0 Å². The highest BCUT2D eigenvalue weighted by Crippen LogP contribution is 2.29. The highest BCUT2D eigenvalue weighted by Gasteiger charge is 2.17. The fraction of sp³-hybridized carbons (Fsp3) is 0.111. The minimum Gasteiger partial charge on any atom is -0.455 e. The van der Waals surface area contributed by atoms with Crippen molar-refractivity contribution in [2.45, 2.75) is 6.29 Å². The number of hydrogen-bond acceptors (Lipinski definition) is 2. The van der Waals surface area contributed by atoms with Crippen molar-refractivity contribution in [2.24, 2.45) is 0 Å². The predicted octanol–water partition coefficient (Wildman–Crippen LogP) is 2.86. The van der Waals surface area contributed by atoms with Crippen LogP contribution in [0.25, 0.3) is 0 Å². The monoisotopic (exact) mass is 182 g/mol. The average Bonchev–Trinajstić information content (AvgIpc) is 2.57. The van der Waals surface area contributed by atoms with Crippen LogP contribution in [0.5, 0.6) is 0 Å². The molecule has 0 unspecified atom stereocenters. The normalized spacial score (nSPS) is 15.8. The van der Waals surface area contributed by atoms with E-state index in [9.17, 15) is 0 Å². The molecule has 1 aromatic carbocycles. The Labute approximate surface area is 75.4 Å². The third-order valence-electron chi connectivity index (χ3n) is 1.62. The lowest BCUT2D eigenvalue weighted by Crippen LogP contribution is -1.97. The van der Waals surface area contributed by atoms with Gasteiger partial charge in [-0.3, -0.25) is 0 Å². The van der Waals surface area contributed by atoms with E-state index in [-0.39, 0.29) is 6.29 Å². The van der Waals surface area contributed by atoms with Gasteiger partial charge in [0.05, 0.1) is 10.6 Å². The van der Waals surface area contributed by atoms with Crippen molar-refractivity contribution >= 4 is 11.6 Å². The van der Waals surface area contributed by atoms with Crippen LogP contribution in [-0.4, -0.2) is 0 Å². The molecule has 0 atom stereocenters. The van der Waals surface area contributed by atoms with Gasteiger partial charge in [0, 0.05) is 0 Å². The van der Waals surface area contributed by atoms with Crippen molar-refractivity contribution < 1.29 is 9.47 Å². The number of benzene rings is 1. The Kier molecular flexibility index (Phi) is 1.92. The van der Waals surface area contributed by atoms with Crippen LogP contribution in [0.4, 0.5) is 0 Å². The largest absolute Gasteiger partial charge is 0.455 e. The van der Waals surface area contributed by atoms with Gasteiger partial charge in [-0.25, -0.2) is 0 Å². The fourth-order valence-corrected chi connectivity index (χ4v) is 1.28. The van der Waals surface area contributed by atoms with Gasteiger partial charge in [0.15, 0.2) is 0 Å². The van der Waals surface area contributed by atoms with Gasteiger partial charge in [-0.1, -0.05) is 29.8 Å². The van der Waals surface area contributed by atoms with E-state index in [1.807, 2.05) is 24.3 Å². The van der Waals surface area contributed by atoms with E-state index in [4.69, 9.17) is 21.1 Å². The molecule has 0 aromatic heterocycles. The van der Waals surface area contributed by atoms with Crippen molar-refractivity contribution in [3.8, 4) is 0 Å². The number of hydrogen-bond donors (Lipinski definition) is 0. The molecule has 1 aromatic rings. The summed E-state index contributed by atoms with van der Waals surface area (Å²) in [6.07, 6.45) is 2.64. The van der Waals surface area contributed by atoms with Gasteiger partial charge < -0.3 is 9.47 Å². The number of halogens is 1. The summed E-state index contributed by atoms with van der Waals surface area (Å²) in [5.74, 6) is 0. The first-order chi connectivity index (χ1) is 5.88. The summed E-state index contributed by atoms with van der Waals surface area (Å²) >= 11 is 5.92. The van der Waals surface area contributed by atoms with E-state index >= 15 is 0 Å². The molecule has 0 aliphatic carbocycles. The molecule has 3 heteroatoms. The van der Waals surface area contributed by atoms with Gasteiger partial charge in [-0.05, 0) is 6.07 Å². The lowest BCUT2D eigenvalue weighted by Gasteiger charge is -2.11. The second kappa shape index (κ2) is 3.07. The summed E-state index contributed by atoms with van der Waals surface area (Å²) in [6.45, 7) is 0. The molecule has 1 heterocycles. The quantitative estimate of drug-likeness (QED) is 0.665. The molecular weight excluding hydrogens is 176 g/mol. The third-order valence-corrected chi connectivity index (χ3v) is 1.96. The zero-order chi connectivity index (χ0) is 8.39. The molecule has 0 bridgehead atoms. The zero-order valence-electron chi connectivity index (χ0n) is 6.24. The molecule has 12 heavy (non-hydrogen) atoms. The predicted molar refractivity (Wildman–Crippen MR) is 45.5 cm³/mol. The molecule has 0 fully saturated rings. The van der Waals surface area contributed by atoms with Crippen molar-refractivity contribution in [1.29, 1.82) is 0 Å². The fourth-order valence-electron chi connectivity index (χ4n) is 1.05. The van der Waals surface area contributed by atoms with Crippen LogP contribution in [0.2, 0.25) is 5.02 Å². The van der Waals surface area contributed by atoms with Crippen LogP contribution < -0.4 is 0 Å². The molecular formula is C9H7ClO2. The maximum atomic E-state index is 5.92. The Morgan fingerprint density at radius 2 is 1.75 bits per heavy atom. The lowest BCUT2D eigenvalue weighted by molar-refractivity contribution is -0.0245. The maximum Gasteiger partial charge on any atom is 0.267 e. The summed E-state index contributed by atoms with van der Waals surface area (Å²) in [4.78, 5) is 0. The lowest BCUT2D eigenvalue weighted by atomic mass is 10.2. The van der Waals surface area contributed by atoms with Gasteiger partial charge in [-0.2, -0.15) is 0 Å². The molecule has 62 valence electrons. The first kappa shape index (κ1) is 7.50. The van der Waals surface area contributed by atoms with Crippen molar-refractivity contribution in [2.75, 3.05) is 0 Å². The van der Waals surface area contributed by atoms with Gasteiger partial charge in [0.1, 0.15) is 12.5 Å². The minimum absolute atomic E-state index is 0.376. The zero-order valence-corrected chi connectivity index (χ0v) is 6.99. The summed E-state index contributed by atoms with van der Waals surface area (Å²) in [5, 5.41) is 0.659. The molecule has 0 N–H and O–H groups in total. The third kappa shape index (κ3) is 1.25. The number of rotatable bonds is 1. The first-order valence-electron chi connectivity index (χ1n) is 3.58. The molecule has 2 nitrogen and oxygen atoms in total. The van der Waals surface area contributed by atoms with E-state index in [1.165, 1.54) is 12.5 Å². The van der Waals surface area contributed by atoms with Crippen LogP contribution in [0.3, 0.4) is 0 Å². The first-order valence-corrected chi connectivity index (χ1v) is 3.96. The maximum absolute atomic E-state index is 5.92. The van der Waals surface area contributed by atoms with E-state index in [1.54, 1.807) is 0 Å². The van der Waals surface area contributed by atoms with Crippen molar-refractivity contribution in [3.63, 3.8) is 0 Å². The van der Waals surface area contributed by atoms with E-state index in [2.05, 4.69) is 0 Å². The van der Waals surface area contributed by atoms with Gasteiger partial charge in [0.2, 0.25) is 0 Å². The van der Waals surface area contributed by atoms with Crippen LogP contribution in [0.15, 0.2) is 36.8 Å². The second-order valence-electron chi connectivity index (χ2n) is 2.40. The molecule has 0 saturated carbocycles. The molecule has 0 radical (unpaired) electrons. The van der Waals surface area contributed by atoms with E-state index in [0.29, 0.717) is 5.02 Å². The summed E-state index contributed by atoms with van der Waals surface area (Å²) in [6, 6.07) is 7.45. The molecule has 0 saturated heterocycles. The molecule has 1 aliphatic rings. The highest BCUT2D eigenvalue weighted by molar-refractivity contribution is 6.31. The summed E-state index contributed by atoms with van der Waals surface area (Å²) in [5.41, 5.74) is 0.851. The Morgan fingerprint density at radius 1 is 1.08 bits per heavy atom. The second-order valence-corrected chi connectivity index (χ2v) is 2.80. The van der Waals surface area contributed by atoms with Gasteiger partial charge in [-0.15, -0.1) is 0 Å².